The van der Waals surface area contributed by atoms with Crippen molar-refractivity contribution in [1.29, 1.82) is 0 Å². The summed E-state index contributed by atoms with van der Waals surface area (Å²) in [4.78, 5) is 0. The molecular weight excluding hydrogens is 258 g/mol. The molecule has 0 saturated heterocycles. The van der Waals surface area contributed by atoms with Crippen LogP contribution in [0.15, 0.2) is 24.3 Å². The summed E-state index contributed by atoms with van der Waals surface area (Å²) in [5.41, 5.74) is 1.60. The molecule has 120 valence electrons. The highest BCUT2D eigenvalue weighted by Gasteiger charge is 2.19. The van der Waals surface area contributed by atoms with Crippen LogP contribution in [0.4, 0.5) is 0 Å². The van der Waals surface area contributed by atoms with Gasteiger partial charge in [0.25, 0.3) is 0 Å². The lowest BCUT2D eigenvalue weighted by molar-refractivity contribution is 0.286. The van der Waals surface area contributed by atoms with Gasteiger partial charge in [-0.05, 0) is 31.7 Å². The van der Waals surface area contributed by atoms with Gasteiger partial charge in [-0.1, -0.05) is 58.2 Å². The Labute approximate surface area is 131 Å². The van der Waals surface area contributed by atoms with Gasteiger partial charge in [0.05, 0.1) is 6.61 Å². The van der Waals surface area contributed by atoms with E-state index in [0.717, 1.165) is 12.3 Å². The third kappa shape index (κ3) is 6.52. The first-order valence-corrected chi connectivity index (χ1v) is 8.45. The number of unbranched alkanes of at least 4 members (excludes halogenated alkanes) is 2. The first-order valence-electron chi connectivity index (χ1n) is 8.45. The summed E-state index contributed by atoms with van der Waals surface area (Å²) in [5, 5.41) is 3.68. The van der Waals surface area contributed by atoms with Gasteiger partial charge in [-0.2, -0.15) is 0 Å². The molecule has 0 spiro atoms. The standard InChI is InChI=1S/C19H33NO/c1-6-8-11-14-19(4,5)15-20-16(3)17-12-9-10-13-18(17)21-7-2/h9-10,12-13,16,20H,6-8,11,14-15H2,1-5H3. The number of hydrogen-bond donors (Lipinski definition) is 1. The summed E-state index contributed by atoms with van der Waals surface area (Å²) >= 11 is 0. The van der Waals surface area contributed by atoms with Crippen LogP contribution in [0.5, 0.6) is 5.75 Å². The van der Waals surface area contributed by atoms with E-state index in [2.05, 4.69) is 51.2 Å². The minimum absolute atomic E-state index is 0.318. The topological polar surface area (TPSA) is 21.3 Å². The van der Waals surface area contributed by atoms with E-state index < -0.39 is 0 Å². The zero-order valence-electron chi connectivity index (χ0n) is 14.5. The molecule has 1 atom stereocenters. The Kier molecular flexibility index (Phi) is 7.81. The van der Waals surface area contributed by atoms with Gasteiger partial charge in [-0.15, -0.1) is 0 Å². The van der Waals surface area contributed by atoms with E-state index in [1.807, 2.05) is 13.0 Å². The van der Waals surface area contributed by atoms with Crippen LogP contribution in [0.25, 0.3) is 0 Å². The van der Waals surface area contributed by atoms with Crippen molar-refractivity contribution in [2.45, 2.75) is 66.3 Å². The van der Waals surface area contributed by atoms with Crippen LogP contribution in [0, 0.1) is 5.41 Å². The minimum Gasteiger partial charge on any atom is -0.494 e. The Morgan fingerprint density at radius 3 is 2.52 bits per heavy atom. The number of hydrogen-bond acceptors (Lipinski definition) is 2. The van der Waals surface area contributed by atoms with Crippen molar-refractivity contribution in [3.8, 4) is 5.75 Å². The zero-order valence-corrected chi connectivity index (χ0v) is 14.5. The monoisotopic (exact) mass is 291 g/mol. The largest absolute Gasteiger partial charge is 0.494 e. The molecule has 0 aromatic heterocycles. The van der Waals surface area contributed by atoms with Crippen molar-refractivity contribution < 1.29 is 4.74 Å². The third-order valence-electron chi connectivity index (χ3n) is 4.03. The second-order valence-corrected chi connectivity index (χ2v) is 6.69. The second-order valence-electron chi connectivity index (χ2n) is 6.69. The maximum absolute atomic E-state index is 5.73. The summed E-state index contributed by atoms with van der Waals surface area (Å²) in [6.07, 6.45) is 5.25. The SMILES string of the molecule is CCCCCC(C)(C)CNC(C)c1ccccc1OCC. The molecule has 1 unspecified atom stereocenters. The fraction of sp³-hybridized carbons (Fsp3) is 0.684. The quantitative estimate of drug-likeness (QED) is 0.587. The van der Waals surface area contributed by atoms with Gasteiger partial charge in [-0.3, -0.25) is 0 Å². The molecule has 0 aliphatic heterocycles. The van der Waals surface area contributed by atoms with Crippen molar-refractivity contribution in [2.75, 3.05) is 13.2 Å². The summed E-state index contributed by atoms with van der Waals surface area (Å²) in [6.45, 7) is 13.0. The normalized spacial score (nSPS) is 13.2. The molecule has 1 N–H and O–H groups in total. The van der Waals surface area contributed by atoms with Crippen LogP contribution in [0.3, 0.4) is 0 Å². The number of benzene rings is 1. The van der Waals surface area contributed by atoms with Crippen molar-refractivity contribution in [1.82, 2.24) is 5.32 Å². The molecule has 0 bridgehead atoms. The van der Waals surface area contributed by atoms with E-state index >= 15 is 0 Å². The first-order chi connectivity index (χ1) is 10.00. The van der Waals surface area contributed by atoms with Crippen LogP contribution >= 0.6 is 0 Å². The maximum atomic E-state index is 5.73. The van der Waals surface area contributed by atoms with Gasteiger partial charge < -0.3 is 10.1 Å². The second kappa shape index (κ2) is 9.09. The first kappa shape index (κ1) is 18.0. The van der Waals surface area contributed by atoms with Gasteiger partial charge in [0, 0.05) is 18.2 Å². The van der Waals surface area contributed by atoms with Crippen molar-refractivity contribution >= 4 is 0 Å². The highest BCUT2D eigenvalue weighted by atomic mass is 16.5. The summed E-state index contributed by atoms with van der Waals surface area (Å²) in [5.74, 6) is 1.00. The molecule has 1 rings (SSSR count). The predicted octanol–water partition coefficient (Wildman–Crippen LogP) is 5.34. The molecule has 0 saturated carbocycles. The van der Waals surface area contributed by atoms with Gasteiger partial charge in [0.15, 0.2) is 0 Å². The number of rotatable bonds is 10. The molecule has 0 radical (unpaired) electrons. The fourth-order valence-electron chi connectivity index (χ4n) is 2.61. The lowest BCUT2D eigenvalue weighted by Crippen LogP contribution is -2.31. The molecule has 0 heterocycles. The average molecular weight is 291 g/mol. The average Bonchev–Trinajstić information content (AvgIpc) is 2.46. The lowest BCUT2D eigenvalue weighted by Gasteiger charge is -2.28. The van der Waals surface area contributed by atoms with Crippen molar-refractivity contribution in [2.24, 2.45) is 5.41 Å². The molecule has 1 aromatic rings. The number of ether oxygens (including phenoxy) is 1. The van der Waals surface area contributed by atoms with Gasteiger partial charge in [0.2, 0.25) is 0 Å². The lowest BCUT2D eigenvalue weighted by atomic mass is 9.86. The van der Waals surface area contributed by atoms with Gasteiger partial charge in [-0.25, -0.2) is 0 Å². The smallest absolute Gasteiger partial charge is 0.124 e. The van der Waals surface area contributed by atoms with Gasteiger partial charge in [0.1, 0.15) is 5.75 Å². The highest BCUT2D eigenvalue weighted by Crippen LogP contribution is 2.27. The van der Waals surface area contributed by atoms with Crippen LogP contribution in [-0.2, 0) is 0 Å². The molecule has 0 fully saturated rings. The number of para-hydroxylation sites is 1. The van der Waals surface area contributed by atoms with Crippen LogP contribution in [0.1, 0.15) is 71.9 Å². The molecular formula is C19H33NO. The fourth-order valence-corrected chi connectivity index (χ4v) is 2.61. The Balaban J connectivity index is 2.55. The Morgan fingerprint density at radius 1 is 1.14 bits per heavy atom. The molecule has 2 heteroatoms. The highest BCUT2D eigenvalue weighted by molar-refractivity contribution is 5.35. The van der Waals surface area contributed by atoms with Crippen LogP contribution < -0.4 is 10.1 Å². The van der Waals surface area contributed by atoms with Crippen molar-refractivity contribution in [3.05, 3.63) is 29.8 Å². The Bertz CT molecular complexity index is 400. The predicted molar refractivity (Wildman–Crippen MR) is 92.0 cm³/mol. The molecule has 1 aromatic carbocycles. The summed E-state index contributed by atoms with van der Waals surface area (Å²) in [6, 6.07) is 8.66. The van der Waals surface area contributed by atoms with E-state index in [4.69, 9.17) is 4.74 Å². The van der Waals surface area contributed by atoms with Crippen molar-refractivity contribution in [3.63, 3.8) is 0 Å². The van der Waals surface area contributed by atoms with E-state index in [9.17, 15) is 0 Å². The third-order valence-corrected chi connectivity index (χ3v) is 4.03. The number of nitrogens with one attached hydrogen (secondary N) is 1. The van der Waals surface area contributed by atoms with E-state index in [0.29, 0.717) is 18.1 Å². The molecule has 0 aliphatic carbocycles. The van der Waals surface area contributed by atoms with Crippen LogP contribution in [-0.4, -0.2) is 13.2 Å². The summed E-state index contributed by atoms with van der Waals surface area (Å²) in [7, 11) is 0. The Hall–Kier alpha value is -1.02. The van der Waals surface area contributed by atoms with E-state index in [1.165, 1.54) is 31.2 Å². The Morgan fingerprint density at radius 2 is 1.86 bits per heavy atom. The molecule has 2 nitrogen and oxygen atoms in total. The molecule has 21 heavy (non-hydrogen) atoms. The minimum atomic E-state index is 0.318. The van der Waals surface area contributed by atoms with Crippen LogP contribution in [0.2, 0.25) is 0 Å². The summed E-state index contributed by atoms with van der Waals surface area (Å²) < 4.78 is 5.73. The molecule has 0 amide bonds. The zero-order chi connectivity index (χ0) is 15.7. The maximum Gasteiger partial charge on any atom is 0.124 e. The van der Waals surface area contributed by atoms with E-state index in [1.54, 1.807) is 0 Å². The van der Waals surface area contributed by atoms with E-state index in [-0.39, 0.29) is 0 Å². The van der Waals surface area contributed by atoms with Gasteiger partial charge >= 0.3 is 0 Å². The molecule has 0 aliphatic rings.